The normalized spacial score (nSPS) is 27.3. The van der Waals surface area contributed by atoms with Gasteiger partial charge in [0.05, 0.1) is 29.0 Å². The van der Waals surface area contributed by atoms with Gasteiger partial charge in [0.15, 0.2) is 11.0 Å². The molecule has 3 aliphatic rings. The zero-order valence-corrected chi connectivity index (χ0v) is 24.2. The molecule has 6 rings (SSSR count). The number of aliphatic hydroxyl groups is 1. The summed E-state index contributed by atoms with van der Waals surface area (Å²) in [6.45, 7) is 2.72. The standard InChI is InChI=1S/C29H35F3N6O3S/c1-17-14-37(16-29(30,31)32)7-8-38(17)21-9-19(10-21)27(40)36-28-35-22-6-5-18(11-25(22)42-28)20-12-33-26(34-13-20)15-41-24-4-2-3-23(24)39/h5-6,11-13,17,19,21,23-24,39H,2-4,7-10,14-16H2,1H3,(H,35,36,40)/t17-,19?,21?,23-,24-/m0/s1. The number of hydrogen-bond acceptors (Lipinski definition) is 9. The Bertz CT molecular complexity index is 1400. The molecule has 226 valence electrons. The zero-order chi connectivity index (χ0) is 29.4. The van der Waals surface area contributed by atoms with E-state index in [1.807, 2.05) is 25.1 Å². The number of hydrogen-bond donors (Lipinski definition) is 2. The fraction of sp³-hybridized carbons (Fsp3) is 0.586. The maximum Gasteiger partial charge on any atom is 0.401 e. The summed E-state index contributed by atoms with van der Waals surface area (Å²) in [4.78, 5) is 30.1. The van der Waals surface area contributed by atoms with Crippen LogP contribution in [-0.4, -0.2) is 92.4 Å². The molecule has 0 radical (unpaired) electrons. The van der Waals surface area contributed by atoms with Crippen molar-refractivity contribution in [2.24, 2.45) is 5.92 Å². The number of nitrogens with one attached hydrogen (secondary N) is 1. The topological polar surface area (TPSA) is 104 Å². The minimum Gasteiger partial charge on any atom is -0.390 e. The summed E-state index contributed by atoms with van der Waals surface area (Å²) in [5, 5.41) is 13.4. The van der Waals surface area contributed by atoms with Crippen LogP contribution < -0.4 is 5.32 Å². The highest BCUT2D eigenvalue weighted by Crippen LogP contribution is 2.36. The molecule has 2 aromatic heterocycles. The van der Waals surface area contributed by atoms with Gasteiger partial charge < -0.3 is 15.2 Å². The number of alkyl halides is 3. The van der Waals surface area contributed by atoms with E-state index in [0.717, 1.165) is 40.6 Å². The van der Waals surface area contributed by atoms with Gasteiger partial charge in [-0.15, -0.1) is 0 Å². The van der Waals surface area contributed by atoms with E-state index in [1.54, 1.807) is 12.4 Å². The lowest BCUT2D eigenvalue weighted by atomic mass is 9.78. The number of anilines is 1. The van der Waals surface area contributed by atoms with Crippen LogP contribution in [0.15, 0.2) is 30.6 Å². The zero-order valence-electron chi connectivity index (χ0n) is 23.4. The highest BCUT2D eigenvalue weighted by Gasteiger charge is 2.42. The van der Waals surface area contributed by atoms with E-state index in [4.69, 9.17) is 4.74 Å². The number of fused-ring (bicyclic) bond motifs is 1. The van der Waals surface area contributed by atoms with Crippen molar-refractivity contribution in [3.63, 3.8) is 0 Å². The largest absolute Gasteiger partial charge is 0.401 e. The Morgan fingerprint density at radius 3 is 2.64 bits per heavy atom. The minimum absolute atomic E-state index is 0.0226. The van der Waals surface area contributed by atoms with Crippen molar-refractivity contribution >= 4 is 32.6 Å². The molecule has 0 spiro atoms. The molecule has 0 unspecified atom stereocenters. The van der Waals surface area contributed by atoms with E-state index in [2.05, 4.69) is 25.2 Å². The molecule has 2 N–H and O–H groups in total. The summed E-state index contributed by atoms with van der Waals surface area (Å²) < 4.78 is 45.0. The number of carbonyl (C=O) groups excluding carboxylic acids is 1. The number of thiazole rings is 1. The number of aliphatic hydroxyl groups excluding tert-OH is 1. The van der Waals surface area contributed by atoms with Gasteiger partial charge in [-0.25, -0.2) is 15.0 Å². The predicted molar refractivity (Wildman–Crippen MR) is 153 cm³/mol. The second-order valence-electron chi connectivity index (χ2n) is 11.7. The fourth-order valence-corrected chi connectivity index (χ4v) is 7.19. The molecule has 13 heteroatoms. The number of aromatic nitrogens is 3. The molecule has 1 amide bonds. The molecule has 3 fully saturated rings. The number of ether oxygens (including phenoxy) is 1. The molecule has 0 bridgehead atoms. The lowest BCUT2D eigenvalue weighted by molar-refractivity contribution is -0.154. The van der Waals surface area contributed by atoms with Crippen LogP contribution in [0, 0.1) is 5.92 Å². The second-order valence-corrected chi connectivity index (χ2v) is 12.7. The van der Waals surface area contributed by atoms with Gasteiger partial charge in [-0.3, -0.25) is 14.6 Å². The Hall–Kier alpha value is -2.71. The summed E-state index contributed by atoms with van der Waals surface area (Å²) in [5.74, 6) is 0.373. The lowest BCUT2D eigenvalue weighted by Gasteiger charge is -2.49. The molecule has 1 aromatic carbocycles. The number of halogens is 3. The van der Waals surface area contributed by atoms with Gasteiger partial charge in [0.25, 0.3) is 0 Å². The maximum atomic E-state index is 12.9. The highest BCUT2D eigenvalue weighted by molar-refractivity contribution is 7.22. The number of piperazine rings is 1. The van der Waals surface area contributed by atoms with E-state index in [0.29, 0.717) is 43.4 Å². The van der Waals surface area contributed by atoms with E-state index < -0.39 is 18.8 Å². The number of nitrogens with zero attached hydrogens (tertiary/aromatic N) is 5. The van der Waals surface area contributed by atoms with Crippen LogP contribution >= 0.6 is 11.3 Å². The monoisotopic (exact) mass is 604 g/mol. The first kappa shape index (κ1) is 29.4. The van der Waals surface area contributed by atoms with E-state index >= 15 is 0 Å². The third kappa shape index (κ3) is 6.75. The maximum absolute atomic E-state index is 12.9. The van der Waals surface area contributed by atoms with Crippen molar-refractivity contribution in [2.45, 2.75) is 76.1 Å². The van der Waals surface area contributed by atoms with Crippen LogP contribution in [0.5, 0.6) is 0 Å². The highest BCUT2D eigenvalue weighted by atomic mass is 32.1. The fourth-order valence-electron chi connectivity index (χ4n) is 6.29. The Morgan fingerprint density at radius 1 is 1.17 bits per heavy atom. The summed E-state index contributed by atoms with van der Waals surface area (Å²) in [6, 6.07) is 6.11. The van der Waals surface area contributed by atoms with Crippen molar-refractivity contribution in [3.05, 3.63) is 36.4 Å². The summed E-state index contributed by atoms with van der Waals surface area (Å²) in [6.07, 6.45) is 2.76. The molecule has 1 aliphatic heterocycles. The quantitative estimate of drug-likeness (QED) is 0.389. The third-order valence-electron chi connectivity index (χ3n) is 8.62. The Labute approximate surface area is 246 Å². The average molecular weight is 605 g/mol. The molecule has 42 heavy (non-hydrogen) atoms. The first-order chi connectivity index (χ1) is 20.1. The molecular formula is C29H35F3N6O3S. The van der Waals surface area contributed by atoms with Gasteiger partial charge in [-0.2, -0.15) is 13.2 Å². The van der Waals surface area contributed by atoms with Crippen LogP contribution in [0.3, 0.4) is 0 Å². The SMILES string of the molecule is C[C@H]1CN(CC(F)(F)F)CCN1C1CC(C(=O)Nc2nc3ccc(-c4cnc(CO[C@H]5CCC[C@@H]5O)nc4)cc3s2)C1. The van der Waals surface area contributed by atoms with Gasteiger partial charge in [0.1, 0.15) is 6.61 Å². The number of carbonyl (C=O) groups is 1. The molecular weight excluding hydrogens is 569 g/mol. The minimum atomic E-state index is -4.18. The van der Waals surface area contributed by atoms with Crippen molar-refractivity contribution in [1.82, 2.24) is 24.8 Å². The molecule has 1 saturated heterocycles. The van der Waals surface area contributed by atoms with Gasteiger partial charge >= 0.3 is 6.18 Å². The van der Waals surface area contributed by atoms with Gasteiger partial charge in [0, 0.05) is 55.6 Å². The van der Waals surface area contributed by atoms with E-state index in [1.165, 1.54) is 16.2 Å². The van der Waals surface area contributed by atoms with Gasteiger partial charge in [-0.1, -0.05) is 17.4 Å². The molecule has 2 saturated carbocycles. The van der Waals surface area contributed by atoms with E-state index in [9.17, 15) is 23.1 Å². The van der Waals surface area contributed by atoms with Crippen molar-refractivity contribution in [2.75, 3.05) is 31.5 Å². The second kappa shape index (κ2) is 12.1. The first-order valence-corrected chi connectivity index (χ1v) is 15.3. The third-order valence-corrected chi connectivity index (χ3v) is 9.55. The molecule has 3 aromatic rings. The first-order valence-electron chi connectivity index (χ1n) is 14.5. The van der Waals surface area contributed by atoms with Crippen molar-refractivity contribution in [3.8, 4) is 11.1 Å². The van der Waals surface area contributed by atoms with Crippen molar-refractivity contribution < 1.29 is 27.8 Å². The summed E-state index contributed by atoms with van der Waals surface area (Å²) in [5.41, 5.74) is 2.58. The van der Waals surface area contributed by atoms with Crippen LogP contribution in [0.1, 0.15) is 44.9 Å². The predicted octanol–water partition coefficient (Wildman–Crippen LogP) is 4.47. The number of rotatable bonds is 8. The molecule has 3 atom stereocenters. The molecule has 2 aliphatic carbocycles. The number of amides is 1. The van der Waals surface area contributed by atoms with Crippen LogP contribution in [0.4, 0.5) is 18.3 Å². The van der Waals surface area contributed by atoms with Gasteiger partial charge in [0.2, 0.25) is 5.91 Å². The molecule has 3 heterocycles. The Morgan fingerprint density at radius 2 is 1.95 bits per heavy atom. The number of benzene rings is 1. The molecule has 9 nitrogen and oxygen atoms in total. The van der Waals surface area contributed by atoms with Crippen LogP contribution in [-0.2, 0) is 16.1 Å². The average Bonchev–Trinajstić information content (AvgIpc) is 3.51. The Kier molecular flexibility index (Phi) is 8.47. The van der Waals surface area contributed by atoms with Gasteiger partial charge in [-0.05, 0) is 56.7 Å². The smallest absolute Gasteiger partial charge is 0.390 e. The Balaban J connectivity index is 1.00. The summed E-state index contributed by atoms with van der Waals surface area (Å²) in [7, 11) is 0. The lowest BCUT2D eigenvalue weighted by Crippen LogP contribution is -2.60. The van der Waals surface area contributed by atoms with Crippen LogP contribution in [0.2, 0.25) is 0 Å². The van der Waals surface area contributed by atoms with Crippen LogP contribution in [0.25, 0.3) is 21.3 Å². The van der Waals surface area contributed by atoms with E-state index in [-0.39, 0.29) is 36.6 Å². The van der Waals surface area contributed by atoms with Crippen molar-refractivity contribution in [1.29, 1.82) is 0 Å². The summed E-state index contributed by atoms with van der Waals surface area (Å²) >= 11 is 1.41.